The molecule has 0 radical (unpaired) electrons. The molecule has 2 aromatic heterocycles. The minimum absolute atomic E-state index is 0.228. The summed E-state index contributed by atoms with van der Waals surface area (Å²) in [7, 11) is 1.53. The molecule has 2 heterocycles. The number of fused-ring (bicyclic) bond motifs is 1. The molecule has 170 valence electrons. The number of nitrogens with one attached hydrogen (secondary N) is 1. The summed E-state index contributed by atoms with van der Waals surface area (Å²) in [5.74, 6) is 0.254. The second kappa shape index (κ2) is 9.07. The zero-order valence-corrected chi connectivity index (χ0v) is 19.4. The first-order chi connectivity index (χ1) is 15.8. The van der Waals surface area contributed by atoms with Crippen molar-refractivity contribution < 1.29 is 14.1 Å². The Hall–Kier alpha value is -3.65. The second-order valence-electron chi connectivity index (χ2n) is 7.57. The van der Waals surface area contributed by atoms with E-state index in [-0.39, 0.29) is 17.0 Å². The summed E-state index contributed by atoms with van der Waals surface area (Å²) in [5.41, 5.74) is 2.53. The molecule has 1 amide bonds. The summed E-state index contributed by atoms with van der Waals surface area (Å²) in [4.78, 5) is 25.8. The Labute approximate surface area is 195 Å². The maximum absolute atomic E-state index is 13.4. The Morgan fingerprint density at radius 3 is 2.64 bits per heavy atom. The van der Waals surface area contributed by atoms with Gasteiger partial charge in [-0.3, -0.25) is 9.59 Å². The molecule has 33 heavy (non-hydrogen) atoms. The van der Waals surface area contributed by atoms with E-state index >= 15 is 0 Å². The van der Waals surface area contributed by atoms with Crippen molar-refractivity contribution in [1.29, 1.82) is 0 Å². The van der Waals surface area contributed by atoms with Crippen LogP contribution in [-0.2, 0) is 0 Å². The number of hydrogen-bond donors (Lipinski definition) is 1. The predicted molar refractivity (Wildman–Crippen MR) is 126 cm³/mol. The summed E-state index contributed by atoms with van der Waals surface area (Å²) in [6, 6.07) is 11.9. The van der Waals surface area contributed by atoms with Gasteiger partial charge in [-0.05, 0) is 56.7 Å². The highest BCUT2D eigenvalue weighted by Crippen LogP contribution is 2.35. The number of aromatic nitrogens is 3. The molecule has 4 aromatic rings. The van der Waals surface area contributed by atoms with Crippen LogP contribution < -0.4 is 15.6 Å². The largest absolute Gasteiger partial charge is 0.496 e. The molecule has 1 N–H and O–H groups in total. The number of aryl methyl sites for hydroxylation is 1. The maximum atomic E-state index is 13.4. The number of hydrogen-bond acceptors (Lipinski definition) is 6. The van der Waals surface area contributed by atoms with Crippen molar-refractivity contribution in [3.8, 4) is 17.0 Å². The molecule has 1 atom stereocenters. The molecule has 4 rings (SSSR count). The van der Waals surface area contributed by atoms with Crippen LogP contribution in [0.1, 0.15) is 41.5 Å². The minimum atomic E-state index is -0.398. The zero-order chi connectivity index (χ0) is 23.7. The van der Waals surface area contributed by atoms with Crippen LogP contribution in [0.5, 0.6) is 5.75 Å². The Morgan fingerprint density at radius 1 is 1.24 bits per heavy atom. The standard InChI is InChI=1S/C24H23ClN4O4/c1-5-26-23(30)16-8-11-19(32-4)18(12-16)21-22-20(13(2)28-33-22)24(31)29(27-21)14(3)15-6-9-17(25)10-7-15/h6-12,14H,5H2,1-4H3,(H,26,30). The molecule has 0 saturated heterocycles. The van der Waals surface area contributed by atoms with Crippen molar-refractivity contribution in [2.45, 2.75) is 26.8 Å². The third-order valence-corrected chi connectivity index (χ3v) is 5.73. The minimum Gasteiger partial charge on any atom is -0.496 e. The summed E-state index contributed by atoms with van der Waals surface area (Å²) in [5, 5.41) is 12.4. The molecule has 9 heteroatoms. The first-order valence-corrected chi connectivity index (χ1v) is 10.8. The molecule has 2 aromatic carbocycles. The number of ether oxygens (including phenoxy) is 1. The molecular weight excluding hydrogens is 444 g/mol. The quantitative estimate of drug-likeness (QED) is 0.452. The fraction of sp³-hybridized carbons (Fsp3) is 0.250. The first-order valence-electron chi connectivity index (χ1n) is 10.5. The van der Waals surface area contributed by atoms with E-state index in [2.05, 4.69) is 15.6 Å². The van der Waals surface area contributed by atoms with Crippen LogP contribution in [0.25, 0.3) is 22.2 Å². The topological polar surface area (TPSA) is 99.2 Å². The fourth-order valence-corrected chi connectivity index (χ4v) is 3.84. The third kappa shape index (κ3) is 4.09. The van der Waals surface area contributed by atoms with E-state index < -0.39 is 6.04 Å². The molecule has 0 aliphatic heterocycles. The van der Waals surface area contributed by atoms with E-state index in [1.165, 1.54) is 11.8 Å². The highest BCUT2D eigenvalue weighted by atomic mass is 35.5. The molecule has 0 aliphatic carbocycles. The molecule has 0 saturated carbocycles. The number of halogens is 1. The van der Waals surface area contributed by atoms with Gasteiger partial charge in [-0.1, -0.05) is 28.9 Å². The summed E-state index contributed by atoms with van der Waals surface area (Å²) < 4.78 is 12.5. The van der Waals surface area contributed by atoms with Crippen LogP contribution in [0.2, 0.25) is 5.02 Å². The van der Waals surface area contributed by atoms with E-state index in [1.807, 2.05) is 26.0 Å². The molecule has 0 aliphatic rings. The SMILES string of the molecule is CCNC(=O)c1ccc(OC)c(-c2nn(C(C)c3ccc(Cl)cc3)c(=O)c3c(C)noc23)c1. The number of nitrogens with zero attached hydrogens (tertiary/aromatic N) is 3. The lowest BCUT2D eigenvalue weighted by Crippen LogP contribution is -2.27. The molecule has 0 bridgehead atoms. The first kappa shape index (κ1) is 22.5. The van der Waals surface area contributed by atoms with Crippen LogP contribution in [0.4, 0.5) is 0 Å². The predicted octanol–water partition coefficient (Wildman–Crippen LogP) is 4.38. The van der Waals surface area contributed by atoms with Gasteiger partial charge < -0.3 is 14.6 Å². The van der Waals surface area contributed by atoms with Gasteiger partial charge in [-0.25, -0.2) is 4.68 Å². The normalized spacial score (nSPS) is 12.0. The van der Waals surface area contributed by atoms with Gasteiger partial charge in [-0.15, -0.1) is 0 Å². The van der Waals surface area contributed by atoms with E-state index in [0.29, 0.717) is 45.2 Å². The number of amides is 1. The van der Waals surface area contributed by atoms with Gasteiger partial charge in [0.1, 0.15) is 16.8 Å². The fourth-order valence-electron chi connectivity index (χ4n) is 3.71. The van der Waals surface area contributed by atoms with E-state index in [9.17, 15) is 9.59 Å². The Morgan fingerprint density at radius 2 is 1.97 bits per heavy atom. The molecular formula is C24H23ClN4O4. The third-order valence-electron chi connectivity index (χ3n) is 5.48. The van der Waals surface area contributed by atoms with Crippen molar-refractivity contribution in [2.24, 2.45) is 0 Å². The van der Waals surface area contributed by atoms with Crippen molar-refractivity contribution in [2.75, 3.05) is 13.7 Å². The van der Waals surface area contributed by atoms with Gasteiger partial charge in [0.05, 0.1) is 18.8 Å². The second-order valence-corrected chi connectivity index (χ2v) is 8.01. The monoisotopic (exact) mass is 466 g/mol. The molecule has 1 unspecified atom stereocenters. The Balaban J connectivity index is 1.98. The highest BCUT2D eigenvalue weighted by Gasteiger charge is 2.24. The number of methoxy groups -OCH3 is 1. The smallest absolute Gasteiger partial charge is 0.280 e. The number of rotatable bonds is 6. The van der Waals surface area contributed by atoms with Crippen LogP contribution in [0.15, 0.2) is 51.8 Å². The maximum Gasteiger partial charge on any atom is 0.280 e. The van der Waals surface area contributed by atoms with Gasteiger partial charge >= 0.3 is 0 Å². The molecule has 0 fully saturated rings. The van der Waals surface area contributed by atoms with Crippen LogP contribution in [0, 0.1) is 6.92 Å². The van der Waals surface area contributed by atoms with Gasteiger partial charge in [0.2, 0.25) is 5.58 Å². The zero-order valence-electron chi connectivity index (χ0n) is 18.7. The van der Waals surface area contributed by atoms with Crippen molar-refractivity contribution in [1.82, 2.24) is 20.3 Å². The van der Waals surface area contributed by atoms with Gasteiger partial charge in [0.25, 0.3) is 11.5 Å². The van der Waals surface area contributed by atoms with Crippen LogP contribution >= 0.6 is 11.6 Å². The lowest BCUT2D eigenvalue weighted by Gasteiger charge is -2.17. The molecule has 0 spiro atoms. The van der Waals surface area contributed by atoms with Crippen molar-refractivity contribution >= 4 is 28.5 Å². The highest BCUT2D eigenvalue weighted by molar-refractivity contribution is 6.30. The van der Waals surface area contributed by atoms with E-state index in [0.717, 1.165) is 5.56 Å². The average Bonchev–Trinajstić information content (AvgIpc) is 3.21. The van der Waals surface area contributed by atoms with Gasteiger partial charge in [-0.2, -0.15) is 5.10 Å². The van der Waals surface area contributed by atoms with E-state index in [1.54, 1.807) is 37.3 Å². The lowest BCUT2D eigenvalue weighted by molar-refractivity contribution is 0.0956. The number of carbonyl (C=O) groups is 1. The van der Waals surface area contributed by atoms with Crippen molar-refractivity contribution in [3.63, 3.8) is 0 Å². The van der Waals surface area contributed by atoms with Gasteiger partial charge in [0.15, 0.2) is 0 Å². The number of carbonyl (C=O) groups excluding carboxylic acids is 1. The lowest BCUT2D eigenvalue weighted by atomic mass is 10.0. The summed E-state index contributed by atoms with van der Waals surface area (Å²) >= 11 is 6.03. The van der Waals surface area contributed by atoms with E-state index in [4.69, 9.17) is 20.9 Å². The average molecular weight is 467 g/mol. The van der Waals surface area contributed by atoms with Gasteiger partial charge in [0, 0.05) is 22.7 Å². The Bertz CT molecular complexity index is 1390. The summed E-state index contributed by atoms with van der Waals surface area (Å²) in [6.45, 7) is 5.92. The Kier molecular flexibility index (Phi) is 6.20. The molecule has 8 nitrogen and oxygen atoms in total. The number of benzene rings is 2. The van der Waals surface area contributed by atoms with Crippen LogP contribution in [-0.4, -0.2) is 34.5 Å². The van der Waals surface area contributed by atoms with Crippen LogP contribution in [0.3, 0.4) is 0 Å². The van der Waals surface area contributed by atoms with Crippen molar-refractivity contribution in [3.05, 3.63) is 74.7 Å². The summed E-state index contributed by atoms with van der Waals surface area (Å²) in [6.07, 6.45) is 0.